The monoisotopic (exact) mass is 354 g/mol. The Morgan fingerprint density at radius 1 is 1.12 bits per heavy atom. The van der Waals surface area contributed by atoms with Crippen molar-refractivity contribution in [3.63, 3.8) is 0 Å². The quantitative estimate of drug-likeness (QED) is 0.837. The zero-order chi connectivity index (χ0) is 18.4. The van der Waals surface area contributed by atoms with Crippen LogP contribution in [0.15, 0.2) is 48.5 Å². The predicted octanol–water partition coefficient (Wildman–Crippen LogP) is 2.73. The van der Waals surface area contributed by atoms with Crippen LogP contribution >= 0.6 is 0 Å². The molecule has 1 fully saturated rings. The summed E-state index contributed by atoms with van der Waals surface area (Å²) < 4.78 is 10.5. The summed E-state index contributed by atoms with van der Waals surface area (Å²) in [5, 5.41) is 2.95. The van der Waals surface area contributed by atoms with E-state index < -0.39 is 6.04 Å². The van der Waals surface area contributed by atoms with Crippen molar-refractivity contribution in [3.05, 3.63) is 54.1 Å². The number of hydrogen-bond donors (Lipinski definition) is 2. The Balaban J connectivity index is 1.54. The lowest BCUT2D eigenvalue weighted by Gasteiger charge is -2.26. The van der Waals surface area contributed by atoms with Gasteiger partial charge in [0.25, 0.3) is 0 Å². The maximum Gasteiger partial charge on any atom is 0.237 e. The number of hydrogen-bond acceptors (Lipinski definition) is 4. The molecule has 0 spiro atoms. The van der Waals surface area contributed by atoms with Crippen molar-refractivity contribution in [2.24, 2.45) is 11.7 Å². The molecule has 0 saturated carbocycles. The molecule has 0 aromatic heterocycles. The molecule has 138 valence electrons. The van der Waals surface area contributed by atoms with Crippen LogP contribution in [-0.2, 0) is 16.1 Å². The van der Waals surface area contributed by atoms with Crippen molar-refractivity contribution in [1.82, 2.24) is 5.32 Å². The number of nitrogens with two attached hydrogens (primary N) is 1. The molecule has 1 aliphatic rings. The van der Waals surface area contributed by atoms with Gasteiger partial charge in [-0.15, -0.1) is 0 Å². The average molecular weight is 354 g/mol. The number of nitrogens with one attached hydrogen (secondary N) is 1. The van der Waals surface area contributed by atoms with Gasteiger partial charge < -0.3 is 20.5 Å². The van der Waals surface area contributed by atoms with E-state index in [-0.39, 0.29) is 11.8 Å². The zero-order valence-corrected chi connectivity index (χ0v) is 15.1. The van der Waals surface area contributed by atoms with E-state index in [0.29, 0.717) is 19.8 Å². The van der Waals surface area contributed by atoms with Crippen molar-refractivity contribution in [2.45, 2.75) is 25.4 Å². The third-order valence-electron chi connectivity index (χ3n) is 4.92. The van der Waals surface area contributed by atoms with Crippen LogP contribution < -0.4 is 15.8 Å². The van der Waals surface area contributed by atoms with Crippen molar-refractivity contribution in [3.8, 4) is 16.9 Å². The molecule has 5 heteroatoms. The lowest BCUT2D eigenvalue weighted by molar-refractivity contribution is -0.124. The van der Waals surface area contributed by atoms with Crippen LogP contribution in [-0.4, -0.2) is 32.3 Å². The van der Waals surface area contributed by atoms with E-state index in [1.54, 1.807) is 7.11 Å². The molecule has 1 aliphatic heterocycles. The van der Waals surface area contributed by atoms with Crippen LogP contribution in [0.5, 0.6) is 5.75 Å². The summed E-state index contributed by atoms with van der Waals surface area (Å²) in [6, 6.07) is 15.7. The Kier molecular flexibility index (Phi) is 6.26. The Bertz CT molecular complexity index is 707. The molecule has 1 atom stereocenters. The number of carbonyl (C=O) groups excluding carboxylic acids is 1. The molecule has 3 N–H and O–H groups in total. The molecule has 2 aromatic rings. The van der Waals surface area contributed by atoms with Gasteiger partial charge in [-0.2, -0.15) is 0 Å². The van der Waals surface area contributed by atoms with Crippen molar-refractivity contribution in [1.29, 1.82) is 0 Å². The third-order valence-corrected chi connectivity index (χ3v) is 4.92. The van der Waals surface area contributed by atoms with Crippen molar-refractivity contribution >= 4 is 5.91 Å². The average Bonchev–Trinajstić information content (AvgIpc) is 2.72. The largest absolute Gasteiger partial charge is 0.497 e. The van der Waals surface area contributed by atoms with Gasteiger partial charge in [0.1, 0.15) is 5.75 Å². The number of rotatable bonds is 6. The number of carbonyl (C=O) groups is 1. The van der Waals surface area contributed by atoms with Crippen LogP contribution in [0.2, 0.25) is 0 Å². The smallest absolute Gasteiger partial charge is 0.237 e. The summed E-state index contributed by atoms with van der Waals surface area (Å²) in [5.74, 6) is 0.964. The summed E-state index contributed by atoms with van der Waals surface area (Å²) in [7, 11) is 1.66. The zero-order valence-electron chi connectivity index (χ0n) is 15.1. The number of ether oxygens (including phenoxy) is 2. The normalized spacial score (nSPS) is 16.1. The van der Waals surface area contributed by atoms with Crippen LogP contribution in [0.1, 0.15) is 18.4 Å². The Labute approximate surface area is 154 Å². The lowest BCUT2D eigenvalue weighted by Crippen LogP contribution is -2.46. The second kappa shape index (κ2) is 8.83. The molecule has 26 heavy (non-hydrogen) atoms. The van der Waals surface area contributed by atoms with Gasteiger partial charge in [0, 0.05) is 19.8 Å². The van der Waals surface area contributed by atoms with E-state index in [9.17, 15) is 4.79 Å². The first-order chi connectivity index (χ1) is 12.7. The van der Waals surface area contributed by atoms with Crippen molar-refractivity contribution < 1.29 is 14.3 Å². The molecular formula is C21H26N2O3. The van der Waals surface area contributed by atoms with Crippen LogP contribution in [0.25, 0.3) is 11.1 Å². The minimum absolute atomic E-state index is 0.0869. The van der Waals surface area contributed by atoms with Gasteiger partial charge in [0.05, 0.1) is 13.2 Å². The fourth-order valence-electron chi connectivity index (χ4n) is 3.19. The third kappa shape index (κ3) is 4.62. The Hall–Kier alpha value is -2.37. The van der Waals surface area contributed by atoms with E-state index in [4.69, 9.17) is 15.2 Å². The van der Waals surface area contributed by atoms with Crippen LogP contribution in [0.3, 0.4) is 0 Å². The molecule has 1 heterocycles. The predicted molar refractivity (Wildman–Crippen MR) is 102 cm³/mol. The fourth-order valence-corrected chi connectivity index (χ4v) is 3.19. The highest BCUT2D eigenvalue weighted by Gasteiger charge is 2.26. The molecule has 1 saturated heterocycles. The molecule has 1 amide bonds. The fraction of sp³-hybridized carbons (Fsp3) is 0.381. The molecule has 0 aliphatic carbocycles. The van der Waals surface area contributed by atoms with E-state index in [1.165, 1.54) is 0 Å². The molecule has 0 radical (unpaired) electrons. The van der Waals surface area contributed by atoms with Gasteiger partial charge in [-0.05, 0) is 47.6 Å². The van der Waals surface area contributed by atoms with E-state index in [2.05, 4.69) is 17.4 Å². The Morgan fingerprint density at radius 2 is 1.69 bits per heavy atom. The van der Waals surface area contributed by atoms with Crippen molar-refractivity contribution in [2.75, 3.05) is 20.3 Å². The summed E-state index contributed by atoms with van der Waals surface area (Å²) in [6.07, 6.45) is 1.70. The van der Waals surface area contributed by atoms with E-state index in [0.717, 1.165) is 35.3 Å². The van der Waals surface area contributed by atoms with Gasteiger partial charge in [-0.25, -0.2) is 0 Å². The number of benzene rings is 2. The summed E-state index contributed by atoms with van der Waals surface area (Å²) in [4.78, 5) is 12.3. The standard InChI is InChI=1S/C21H26N2O3/c1-25-19-8-6-17(7-9-19)16-4-2-15(3-5-16)14-23-21(24)20(22)18-10-12-26-13-11-18/h2-9,18,20H,10-14,22H2,1H3,(H,23,24). The van der Waals surface area contributed by atoms with Crippen LogP contribution in [0, 0.1) is 5.92 Å². The maximum atomic E-state index is 12.3. The van der Waals surface area contributed by atoms with E-state index in [1.807, 2.05) is 36.4 Å². The topological polar surface area (TPSA) is 73.6 Å². The lowest BCUT2D eigenvalue weighted by atomic mass is 9.92. The molecule has 0 bridgehead atoms. The molecule has 1 unspecified atom stereocenters. The molecular weight excluding hydrogens is 328 g/mol. The van der Waals surface area contributed by atoms with Crippen LogP contribution in [0.4, 0.5) is 0 Å². The number of amides is 1. The maximum absolute atomic E-state index is 12.3. The molecule has 2 aromatic carbocycles. The van der Waals surface area contributed by atoms with Gasteiger partial charge in [0.15, 0.2) is 0 Å². The van der Waals surface area contributed by atoms with Gasteiger partial charge in [-0.1, -0.05) is 36.4 Å². The summed E-state index contributed by atoms with van der Waals surface area (Å²) in [5.41, 5.74) is 9.41. The highest BCUT2D eigenvalue weighted by molar-refractivity contribution is 5.81. The molecule has 5 nitrogen and oxygen atoms in total. The minimum atomic E-state index is -0.461. The van der Waals surface area contributed by atoms with E-state index >= 15 is 0 Å². The van der Waals surface area contributed by atoms with Gasteiger partial charge in [-0.3, -0.25) is 4.79 Å². The number of methoxy groups -OCH3 is 1. The first-order valence-corrected chi connectivity index (χ1v) is 9.02. The first-order valence-electron chi connectivity index (χ1n) is 9.02. The summed E-state index contributed by atoms with van der Waals surface area (Å²) >= 11 is 0. The van der Waals surface area contributed by atoms with Gasteiger partial charge >= 0.3 is 0 Å². The highest BCUT2D eigenvalue weighted by atomic mass is 16.5. The minimum Gasteiger partial charge on any atom is -0.497 e. The second-order valence-corrected chi connectivity index (χ2v) is 6.62. The first kappa shape index (κ1) is 18.4. The molecule has 3 rings (SSSR count). The second-order valence-electron chi connectivity index (χ2n) is 6.62. The Morgan fingerprint density at radius 3 is 2.27 bits per heavy atom. The summed E-state index contributed by atoms with van der Waals surface area (Å²) in [6.45, 7) is 1.87. The highest BCUT2D eigenvalue weighted by Crippen LogP contribution is 2.23. The van der Waals surface area contributed by atoms with Gasteiger partial charge in [0.2, 0.25) is 5.91 Å². The SMILES string of the molecule is COc1ccc(-c2ccc(CNC(=O)C(N)C3CCOCC3)cc2)cc1.